The SMILES string of the molecule is Nc1cc(N)c(N=Nc2cc(S(=O)(=O)[O-])ccc2[O-])cc1N=Nc1ccc(Nc2ccc([N+](=O)[O-])cc2S(=O)(=O)O)cc1.[Na+].[Na+]. The van der Waals surface area contributed by atoms with Gasteiger partial charge in [-0.3, -0.25) is 14.7 Å². The summed E-state index contributed by atoms with van der Waals surface area (Å²) in [5.74, 6) is -0.689. The quantitative estimate of drug-likeness (QED) is 0.0397. The number of rotatable bonds is 9. The third kappa shape index (κ3) is 9.74. The first-order valence-corrected chi connectivity index (χ1v) is 14.4. The van der Waals surface area contributed by atoms with Crippen molar-refractivity contribution >= 4 is 71.4 Å². The zero-order chi connectivity index (χ0) is 31.5. The van der Waals surface area contributed by atoms with Gasteiger partial charge in [0.15, 0.2) is 0 Å². The molecule has 17 nitrogen and oxygen atoms in total. The van der Waals surface area contributed by atoms with Crippen molar-refractivity contribution in [2.24, 2.45) is 20.5 Å². The molecule has 0 aliphatic rings. The van der Waals surface area contributed by atoms with Crippen LogP contribution in [0, 0.1) is 10.1 Å². The minimum atomic E-state index is -4.83. The Kier molecular flexibility index (Phi) is 12.7. The van der Waals surface area contributed by atoms with Crippen LogP contribution >= 0.6 is 0 Å². The van der Waals surface area contributed by atoms with Crippen molar-refractivity contribution in [1.82, 2.24) is 0 Å². The molecule has 45 heavy (non-hydrogen) atoms. The number of hydrogen-bond acceptors (Lipinski definition) is 15. The van der Waals surface area contributed by atoms with Gasteiger partial charge < -0.3 is 26.4 Å². The molecule has 0 fully saturated rings. The van der Waals surface area contributed by atoms with E-state index in [9.17, 15) is 41.2 Å². The first-order chi connectivity index (χ1) is 20.1. The monoisotopic (exact) mass is 672 g/mol. The summed E-state index contributed by atoms with van der Waals surface area (Å²) >= 11 is 0. The van der Waals surface area contributed by atoms with E-state index in [2.05, 4.69) is 25.8 Å². The number of nitrogens with zero attached hydrogens (tertiary/aromatic N) is 5. The molecule has 0 heterocycles. The summed E-state index contributed by atoms with van der Waals surface area (Å²) in [5, 5.41) is 41.4. The van der Waals surface area contributed by atoms with Gasteiger partial charge in [0.1, 0.15) is 26.4 Å². The molecule has 0 saturated heterocycles. The molecule has 0 aliphatic heterocycles. The Morgan fingerprint density at radius 1 is 0.756 bits per heavy atom. The van der Waals surface area contributed by atoms with Gasteiger partial charge in [0.2, 0.25) is 0 Å². The summed E-state index contributed by atoms with van der Waals surface area (Å²) in [6.07, 6.45) is 0. The van der Waals surface area contributed by atoms with E-state index in [-0.39, 0.29) is 87.6 Å². The van der Waals surface area contributed by atoms with Crippen molar-refractivity contribution in [3.63, 3.8) is 0 Å². The van der Waals surface area contributed by atoms with Gasteiger partial charge in [0, 0.05) is 17.8 Å². The van der Waals surface area contributed by atoms with E-state index in [0.717, 1.165) is 36.4 Å². The fourth-order valence-corrected chi connectivity index (χ4v) is 4.60. The number of nitro groups is 1. The Bertz CT molecular complexity index is 2030. The standard InChI is InChI=1S/C24H20N8O9S2.2Na/c25-17-11-18(26)21(30-31-22-10-16(42(36,37)38)6-8-23(22)33)12-20(17)29-28-14-3-1-13(2-4-14)27-19-7-5-15(32(34)35)9-24(19)43(39,40)41;;/h1-12,27,33H,25-26H2,(H,36,37,38)(H,39,40,41);;/q;2*+1/p-2. The number of nitrogens with two attached hydrogens (primary N) is 2. The average Bonchev–Trinajstić information content (AvgIpc) is 2.92. The van der Waals surface area contributed by atoms with Crippen LogP contribution in [-0.4, -0.2) is 30.9 Å². The number of nitro benzene ring substituents is 1. The molecule has 4 rings (SSSR count). The summed E-state index contributed by atoms with van der Waals surface area (Å²) in [5.41, 5.74) is 11.8. The Labute approximate surface area is 299 Å². The molecule has 0 atom stereocenters. The van der Waals surface area contributed by atoms with Gasteiger partial charge in [-0.05, 0) is 54.6 Å². The Morgan fingerprint density at radius 3 is 1.89 bits per heavy atom. The first kappa shape index (κ1) is 37.7. The molecule has 0 unspecified atom stereocenters. The molecular weight excluding hydrogens is 654 g/mol. The zero-order valence-corrected chi connectivity index (χ0v) is 29.0. The van der Waals surface area contributed by atoms with Gasteiger partial charge in [0.25, 0.3) is 15.8 Å². The molecule has 4 aromatic carbocycles. The number of non-ortho nitro benzene ring substituents is 1. The molecule has 0 amide bonds. The van der Waals surface area contributed by atoms with Gasteiger partial charge in [-0.15, -0.1) is 10.2 Å². The molecule has 0 aromatic heterocycles. The first-order valence-electron chi connectivity index (χ1n) is 11.5. The minimum absolute atomic E-state index is 0. The maximum absolute atomic E-state index is 12.0. The largest absolute Gasteiger partial charge is 1.00 e. The van der Waals surface area contributed by atoms with Crippen LogP contribution in [0.4, 0.5) is 51.2 Å². The molecule has 6 N–H and O–H groups in total. The normalized spacial score (nSPS) is 11.6. The van der Waals surface area contributed by atoms with E-state index in [0.29, 0.717) is 11.4 Å². The fourth-order valence-electron chi connectivity index (χ4n) is 3.44. The van der Waals surface area contributed by atoms with Gasteiger partial charge in [-0.2, -0.15) is 18.6 Å². The molecule has 0 bridgehead atoms. The number of anilines is 4. The number of azo groups is 2. The third-order valence-corrected chi connectivity index (χ3v) is 7.26. The number of benzene rings is 4. The summed E-state index contributed by atoms with van der Waals surface area (Å²) in [6, 6.07) is 14.0. The van der Waals surface area contributed by atoms with E-state index >= 15 is 0 Å². The van der Waals surface area contributed by atoms with Crippen LogP contribution in [0.2, 0.25) is 0 Å². The maximum Gasteiger partial charge on any atom is 1.00 e. The molecule has 0 spiro atoms. The predicted molar refractivity (Wildman–Crippen MR) is 150 cm³/mol. The Morgan fingerprint density at radius 2 is 1.33 bits per heavy atom. The Hall–Kier alpha value is -3.50. The molecule has 0 saturated carbocycles. The van der Waals surface area contributed by atoms with Gasteiger partial charge in [-0.1, -0.05) is 11.8 Å². The van der Waals surface area contributed by atoms with Crippen LogP contribution in [0.25, 0.3) is 0 Å². The molecule has 0 aliphatic carbocycles. The van der Waals surface area contributed by atoms with E-state index < -0.39 is 52.1 Å². The summed E-state index contributed by atoms with van der Waals surface area (Å²) in [4.78, 5) is 8.83. The van der Waals surface area contributed by atoms with Crippen LogP contribution in [0.15, 0.2) is 103 Å². The maximum atomic E-state index is 12.0. The van der Waals surface area contributed by atoms with Crippen molar-refractivity contribution < 1.29 is 95.1 Å². The topological polar surface area (TPSA) is 291 Å². The summed E-state index contributed by atoms with van der Waals surface area (Å²) in [6.45, 7) is 0. The third-order valence-electron chi connectivity index (χ3n) is 5.53. The molecule has 21 heteroatoms. The van der Waals surface area contributed by atoms with Crippen molar-refractivity contribution in [3.8, 4) is 5.75 Å². The van der Waals surface area contributed by atoms with E-state index in [1.165, 1.54) is 36.4 Å². The minimum Gasteiger partial charge on any atom is -0.871 e. The van der Waals surface area contributed by atoms with Crippen LogP contribution < -0.4 is 81.0 Å². The second kappa shape index (κ2) is 15.2. The van der Waals surface area contributed by atoms with Crippen molar-refractivity contribution in [2.75, 3.05) is 16.8 Å². The van der Waals surface area contributed by atoms with E-state index in [1.807, 2.05) is 0 Å². The predicted octanol–water partition coefficient (Wildman–Crippen LogP) is -1.43. The molecular formula is C24H18N8Na2O9S2. The van der Waals surface area contributed by atoms with Gasteiger partial charge >= 0.3 is 59.1 Å². The van der Waals surface area contributed by atoms with E-state index in [1.54, 1.807) is 0 Å². The van der Waals surface area contributed by atoms with Crippen LogP contribution in [0.1, 0.15) is 0 Å². The average molecular weight is 673 g/mol. The van der Waals surface area contributed by atoms with Crippen LogP contribution in [-0.2, 0) is 20.2 Å². The van der Waals surface area contributed by atoms with E-state index in [4.69, 9.17) is 11.5 Å². The van der Waals surface area contributed by atoms with Gasteiger partial charge in [0.05, 0.1) is 38.3 Å². The summed E-state index contributed by atoms with van der Waals surface area (Å²) in [7, 11) is -9.62. The van der Waals surface area contributed by atoms with Crippen molar-refractivity contribution in [3.05, 3.63) is 82.9 Å². The number of hydrogen-bond donors (Lipinski definition) is 4. The zero-order valence-electron chi connectivity index (χ0n) is 23.3. The summed E-state index contributed by atoms with van der Waals surface area (Å²) < 4.78 is 66.7. The van der Waals surface area contributed by atoms with Crippen molar-refractivity contribution in [2.45, 2.75) is 9.79 Å². The van der Waals surface area contributed by atoms with Crippen molar-refractivity contribution in [1.29, 1.82) is 0 Å². The van der Waals surface area contributed by atoms with Crippen LogP contribution in [0.3, 0.4) is 0 Å². The fraction of sp³-hybridized carbons (Fsp3) is 0. The molecule has 222 valence electrons. The molecule has 4 aromatic rings. The molecule has 0 radical (unpaired) electrons. The number of nitrogens with one attached hydrogen (secondary N) is 1. The second-order valence-corrected chi connectivity index (χ2v) is 11.3. The second-order valence-electron chi connectivity index (χ2n) is 8.54. The van der Waals surface area contributed by atoms with Gasteiger partial charge in [-0.25, -0.2) is 8.42 Å². The van der Waals surface area contributed by atoms with Crippen LogP contribution in [0.5, 0.6) is 5.75 Å². The Balaban J connectivity index is 0.00000353. The number of nitrogen functional groups attached to an aromatic ring is 2. The smallest absolute Gasteiger partial charge is 0.871 e.